The Morgan fingerprint density at radius 3 is 2.26 bits per heavy atom. The van der Waals surface area contributed by atoms with Crippen molar-refractivity contribution in [3.05, 3.63) is 59.8 Å². The summed E-state index contributed by atoms with van der Waals surface area (Å²) in [5.41, 5.74) is 2.12. The van der Waals surface area contributed by atoms with Crippen molar-refractivity contribution in [2.75, 3.05) is 21.3 Å². The number of ether oxygens (including phenoxy) is 3. The van der Waals surface area contributed by atoms with Crippen LogP contribution in [0.2, 0.25) is 0 Å². The van der Waals surface area contributed by atoms with Gasteiger partial charge in [-0.25, -0.2) is 4.98 Å². The lowest BCUT2D eigenvalue weighted by atomic mass is 10.0. The van der Waals surface area contributed by atoms with E-state index < -0.39 is 0 Å². The first-order valence-corrected chi connectivity index (χ1v) is 7.40. The topological polar surface area (TPSA) is 40.6 Å². The van der Waals surface area contributed by atoms with Crippen molar-refractivity contribution in [1.29, 1.82) is 0 Å². The van der Waals surface area contributed by atoms with E-state index >= 15 is 0 Å². The third-order valence-corrected chi connectivity index (χ3v) is 3.83. The molecule has 3 rings (SSSR count). The third kappa shape index (κ3) is 2.80. The Morgan fingerprint density at radius 2 is 1.61 bits per heavy atom. The number of hydrogen-bond acceptors (Lipinski definition) is 4. The van der Waals surface area contributed by atoms with Crippen LogP contribution in [0.5, 0.6) is 17.4 Å². The van der Waals surface area contributed by atoms with Gasteiger partial charge in [-0.2, -0.15) is 0 Å². The first kappa shape index (κ1) is 15.2. The van der Waals surface area contributed by atoms with Gasteiger partial charge in [-0.05, 0) is 11.6 Å². The van der Waals surface area contributed by atoms with Crippen LogP contribution < -0.4 is 14.2 Å². The number of hydrogen-bond donors (Lipinski definition) is 0. The van der Waals surface area contributed by atoms with Crippen LogP contribution in [0.25, 0.3) is 10.8 Å². The maximum Gasteiger partial charge on any atom is 0.257 e. The summed E-state index contributed by atoms with van der Waals surface area (Å²) in [6.45, 7) is 0. The second kappa shape index (κ2) is 6.57. The van der Waals surface area contributed by atoms with E-state index in [-0.39, 0.29) is 0 Å². The smallest absolute Gasteiger partial charge is 0.257 e. The maximum atomic E-state index is 5.53. The van der Waals surface area contributed by atoms with Crippen molar-refractivity contribution in [3.8, 4) is 17.4 Å². The maximum absolute atomic E-state index is 5.53. The number of methoxy groups -OCH3 is 3. The summed E-state index contributed by atoms with van der Waals surface area (Å²) in [5.74, 6) is 1.81. The summed E-state index contributed by atoms with van der Waals surface area (Å²) in [7, 11) is 4.86. The summed E-state index contributed by atoms with van der Waals surface area (Å²) in [6.07, 6.45) is 0.713. The van der Waals surface area contributed by atoms with E-state index in [0.29, 0.717) is 18.1 Å². The molecule has 0 bridgehead atoms. The van der Waals surface area contributed by atoms with Gasteiger partial charge in [0.15, 0.2) is 5.75 Å². The van der Waals surface area contributed by atoms with Gasteiger partial charge in [-0.1, -0.05) is 42.5 Å². The van der Waals surface area contributed by atoms with E-state index in [9.17, 15) is 0 Å². The Labute approximate surface area is 135 Å². The van der Waals surface area contributed by atoms with Gasteiger partial charge in [-0.15, -0.1) is 0 Å². The van der Waals surface area contributed by atoms with Gasteiger partial charge in [0.2, 0.25) is 0 Å². The van der Waals surface area contributed by atoms with E-state index in [1.165, 1.54) is 5.56 Å². The van der Waals surface area contributed by atoms with E-state index in [1.54, 1.807) is 21.3 Å². The van der Waals surface area contributed by atoms with Crippen LogP contribution in [-0.2, 0) is 6.42 Å². The Balaban J connectivity index is 2.25. The summed E-state index contributed by atoms with van der Waals surface area (Å²) >= 11 is 0. The molecule has 0 fully saturated rings. The molecule has 23 heavy (non-hydrogen) atoms. The van der Waals surface area contributed by atoms with Crippen LogP contribution in [0.1, 0.15) is 11.3 Å². The van der Waals surface area contributed by atoms with Gasteiger partial charge in [0, 0.05) is 11.8 Å². The van der Waals surface area contributed by atoms with Crippen molar-refractivity contribution in [2.45, 2.75) is 6.42 Å². The Kier molecular flexibility index (Phi) is 4.33. The largest absolute Gasteiger partial charge is 0.496 e. The molecule has 4 heteroatoms. The second-order valence-electron chi connectivity index (χ2n) is 5.15. The van der Waals surface area contributed by atoms with Gasteiger partial charge in [0.05, 0.1) is 32.4 Å². The molecule has 0 radical (unpaired) electrons. The molecule has 118 valence electrons. The number of aromatic nitrogens is 1. The molecule has 0 saturated heterocycles. The van der Waals surface area contributed by atoms with Crippen LogP contribution in [-0.4, -0.2) is 26.3 Å². The zero-order chi connectivity index (χ0) is 16.2. The molecule has 0 unspecified atom stereocenters. The van der Waals surface area contributed by atoms with Crippen molar-refractivity contribution in [2.24, 2.45) is 0 Å². The van der Waals surface area contributed by atoms with Crippen molar-refractivity contribution < 1.29 is 14.2 Å². The lowest BCUT2D eigenvalue weighted by molar-refractivity contribution is 0.344. The van der Waals surface area contributed by atoms with Gasteiger partial charge < -0.3 is 14.2 Å². The molecule has 0 amide bonds. The van der Waals surface area contributed by atoms with Gasteiger partial charge in [0.25, 0.3) is 5.88 Å². The zero-order valence-electron chi connectivity index (χ0n) is 13.5. The average molecular weight is 309 g/mol. The summed E-state index contributed by atoms with van der Waals surface area (Å²) in [4.78, 5) is 4.66. The molecule has 0 aliphatic heterocycles. The number of pyridine rings is 1. The molecular weight excluding hydrogens is 290 g/mol. The lowest BCUT2D eigenvalue weighted by Crippen LogP contribution is -2.02. The van der Waals surface area contributed by atoms with Crippen LogP contribution in [0.15, 0.2) is 48.5 Å². The summed E-state index contributed by atoms with van der Waals surface area (Å²) in [5, 5.41) is 1.89. The highest BCUT2D eigenvalue weighted by Gasteiger charge is 2.18. The fourth-order valence-electron chi connectivity index (χ4n) is 2.77. The fraction of sp³-hybridized carbons (Fsp3) is 0.211. The molecule has 0 aliphatic rings. The number of rotatable bonds is 5. The Hall–Kier alpha value is -2.75. The van der Waals surface area contributed by atoms with Crippen LogP contribution in [0, 0.1) is 0 Å². The molecule has 0 saturated carbocycles. The first-order chi connectivity index (χ1) is 11.3. The van der Waals surface area contributed by atoms with Gasteiger partial charge >= 0.3 is 0 Å². The fourth-order valence-corrected chi connectivity index (χ4v) is 2.77. The molecule has 0 N–H and O–H groups in total. The predicted octanol–water partition coefficient (Wildman–Crippen LogP) is 3.85. The number of fused-ring (bicyclic) bond motifs is 1. The second-order valence-corrected chi connectivity index (χ2v) is 5.15. The monoisotopic (exact) mass is 309 g/mol. The normalized spacial score (nSPS) is 10.6. The van der Waals surface area contributed by atoms with E-state index in [1.807, 2.05) is 36.4 Å². The molecule has 0 spiro atoms. The number of benzene rings is 2. The molecule has 0 aliphatic carbocycles. The highest BCUT2D eigenvalue weighted by molar-refractivity contribution is 5.96. The van der Waals surface area contributed by atoms with E-state index in [4.69, 9.17) is 14.2 Å². The molecule has 3 aromatic rings. The Bertz CT molecular complexity index is 816. The van der Waals surface area contributed by atoms with Crippen LogP contribution in [0.3, 0.4) is 0 Å². The van der Waals surface area contributed by atoms with Crippen LogP contribution in [0.4, 0.5) is 0 Å². The third-order valence-electron chi connectivity index (χ3n) is 3.83. The highest BCUT2D eigenvalue weighted by Crippen LogP contribution is 2.41. The average Bonchev–Trinajstić information content (AvgIpc) is 2.61. The van der Waals surface area contributed by atoms with E-state index in [2.05, 4.69) is 17.1 Å². The first-order valence-electron chi connectivity index (χ1n) is 7.40. The highest BCUT2D eigenvalue weighted by atomic mass is 16.5. The zero-order valence-corrected chi connectivity index (χ0v) is 13.5. The van der Waals surface area contributed by atoms with Crippen molar-refractivity contribution >= 4 is 10.8 Å². The van der Waals surface area contributed by atoms with Gasteiger partial charge in [0.1, 0.15) is 5.75 Å². The van der Waals surface area contributed by atoms with Crippen molar-refractivity contribution in [3.63, 3.8) is 0 Å². The molecule has 1 aromatic heterocycles. The molecule has 4 nitrogen and oxygen atoms in total. The molecular formula is C19H19NO3. The summed E-state index contributed by atoms with van der Waals surface area (Å²) in [6, 6.07) is 16.1. The molecule has 0 atom stereocenters. The minimum atomic E-state index is 0.468. The Morgan fingerprint density at radius 1 is 0.826 bits per heavy atom. The summed E-state index contributed by atoms with van der Waals surface area (Å²) < 4.78 is 16.5. The quantitative estimate of drug-likeness (QED) is 0.718. The minimum absolute atomic E-state index is 0.468. The minimum Gasteiger partial charge on any atom is -0.496 e. The molecule has 2 aromatic carbocycles. The SMILES string of the molecule is COc1nc(Cc2ccccc2)c2cccc(OC)c2c1OC. The number of nitrogens with zero attached hydrogens (tertiary/aromatic N) is 1. The van der Waals surface area contributed by atoms with Gasteiger partial charge in [-0.3, -0.25) is 0 Å². The standard InChI is InChI=1S/C19H19NO3/c1-21-16-11-7-10-14-15(12-13-8-5-4-6-9-13)20-19(23-3)18(22-2)17(14)16/h4-11H,12H2,1-3H3. The van der Waals surface area contributed by atoms with Crippen molar-refractivity contribution in [1.82, 2.24) is 4.98 Å². The lowest BCUT2D eigenvalue weighted by Gasteiger charge is -2.16. The van der Waals surface area contributed by atoms with Crippen LogP contribution >= 0.6 is 0 Å². The van der Waals surface area contributed by atoms with E-state index in [0.717, 1.165) is 22.2 Å². The molecule has 1 heterocycles. The predicted molar refractivity (Wildman–Crippen MR) is 90.6 cm³/mol.